The molecule has 14 heavy (non-hydrogen) atoms. The molecule has 0 aromatic carbocycles. The van der Waals surface area contributed by atoms with Gasteiger partial charge in [-0.15, -0.1) is 0 Å². The maximum Gasteiger partial charge on any atom is 0.146 e. The lowest BCUT2D eigenvalue weighted by molar-refractivity contribution is 0.786. The van der Waals surface area contributed by atoms with Crippen LogP contribution >= 0.6 is 0 Å². The molecule has 0 radical (unpaired) electrons. The third kappa shape index (κ3) is 2.09. The molecule has 0 aromatic heterocycles. The van der Waals surface area contributed by atoms with E-state index in [4.69, 9.17) is 0 Å². The van der Waals surface area contributed by atoms with Gasteiger partial charge in [-0.05, 0) is 20.8 Å². The van der Waals surface area contributed by atoms with Crippen LogP contribution in [0.5, 0.6) is 0 Å². The normalized spacial score (nSPS) is 21.4. The first-order chi connectivity index (χ1) is 6.44. The van der Waals surface area contributed by atoms with Gasteiger partial charge in [-0.25, -0.2) is 0 Å². The van der Waals surface area contributed by atoms with Crippen LogP contribution in [0.4, 0.5) is 0 Å². The highest BCUT2D eigenvalue weighted by Gasteiger charge is 2.47. The Labute approximate surface area is 83.4 Å². The van der Waals surface area contributed by atoms with Crippen molar-refractivity contribution in [1.82, 2.24) is 0 Å². The van der Waals surface area contributed by atoms with Gasteiger partial charge in [0.1, 0.15) is 8.07 Å². The van der Waals surface area contributed by atoms with Crippen LogP contribution in [-0.4, -0.2) is 25.1 Å². The second-order valence-corrected chi connectivity index (χ2v) is 8.95. The van der Waals surface area contributed by atoms with Crippen molar-refractivity contribution in [3.8, 4) is 0 Å². The first-order valence-corrected chi connectivity index (χ1v) is 7.15. The highest BCUT2D eigenvalue weighted by Crippen LogP contribution is 2.24. The summed E-state index contributed by atoms with van der Waals surface area (Å²) in [7, 11) is -2.50. The third-order valence-electron chi connectivity index (χ3n) is 3.17. The van der Waals surface area contributed by atoms with Crippen molar-refractivity contribution in [1.29, 1.82) is 0 Å². The topological polar surface area (TPSA) is 88.3 Å². The molecule has 0 bridgehead atoms. The summed E-state index contributed by atoms with van der Waals surface area (Å²) in [4.78, 5) is 31.5. The molecular formula is C7H15N3O3Si. The standard InChI is InChI=1S/C7H15N3O3Si/c1-5(8-11)14(4,6(2)9-12)7(3)10-13/h5-7H,1-4H3. The zero-order valence-corrected chi connectivity index (χ0v) is 9.80. The van der Waals surface area contributed by atoms with Crippen molar-refractivity contribution in [3.05, 3.63) is 14.7 Å². The maximum atomic E-state index is 10.5. The average Bonchev–Trinajstić information content (AvgIpc) is 2.24. The Morgan fingerprint density at radius 3 is 1.14 bits per heavy atom. The van der Waals surface area contributed by atoms with E-state index < -0.39 is 25.1 Å². The molecule has 0 aliphatic heterocycles. The molecular weight excluding hydrogens is 202 g/mol. The lowest BCUT2D eigenvalue weighted by Crippen LogP contribution is -2.58. The summed E-state index contributed by atoms with van der Waals surface area (Å²) in [6, 6.07) is 0. The summed E-state index contributed by atoms with van der Waals surface area (Å²) < 4.78 is 0. The quantitative estimate of drug-likeness (QED) is 0.504. The molecule has 7 heteroatoms. The van der Waals surface area contributed by atoms with Gasteiger partial charge in [-0.3, -0.25) is 0 Å². The Morgan fingerprint density at radius 1 is 0.786 bits per heavy atom. The average molecular weight is 217 g/mol. The number of hydrogen-bond acceptors (Lipinski definition) is 6. The van der Waals surface area contributed by atoms with Crippen LogP contribution in [0.25, 0.3) is 0 Å². The molecule has 0 amide bonds. The predicted molar refractivity (Wildman–Crippen MR) is 57.4 cm³/mol. The number of rotatable bonds is 6. The van der Waals surface area contributed by atoms with Gasteiger partial charge < -0.3 is 0 Å². The van der Waals surface area contributed by atoms with Gasteiger partial charge in [0.25, 0.3) is 0 Å². The minimum Gasteiger partial charge on any atom is -0.151 e. The SMILES string of the molecule is CC(N=O)[Si](C)(C(C)N=O)C(C)N=O. The van der Waals surface area contributed by atoms with E-state index in [1.165, 1.54) is 0 Å². The molecule has 0 N–H and O–H groups in total. The van der Waals surface area contributed by atoms with E-state index in [1.54, 1.807) is 27.3 Å². The fourth-order valence-electron chi connectivity index (χ4n) is 1.39. The fraction of sp³-hybridized carbons (Fsp3) is 1.00. The minimum absolute atomic E-state index is 0.539. The monoisotopic (exact) mass is 217 g/mol. The molecule has 0 aliphatic carbocycles. The van der Waals surface area contributed by atoms with E-state index in [0.717, 1.165) is 0 Å². The Hall–Kier alpha value is -0.983. The summed E-state index contributed by atoms with van der Waals surface area (Å²) in [5, 5.41) is 8.74. The molecule has 0 heterocycles. The highest BCUT2D eigenvalue weighted by molar-refractivity contribution is 6.83. The lowest BCUT2D eigenvalue weighted by atomic mass is 10.7. The summed E-state index contributed by atoms with van der Waals surface area (Å²) >= 11 is 0. The van der Waals surface area contributed by atoms with Crippen LogP contribution in [0.1, 0.15) is 20.8 Å². The molecule has 3 atom stereocenters. The Kier molecular flexibility index (Phi) is 4.68. The third-order valence-corrected chi connectivity index (χ3v) is 8.89. The van der Waals surface area contributed by atoms with Crippen molar-refractivity contribution < 1.29 is 0 Å². The van der Waals surface area contributed by atoms with E-state index in [1.807, 2.05) is 0 Å². The van der Waals surface area contributed by atoms with E-state index in [-0.39, 0.29) is 0 Å². The van der Waals surface area contributed by atoms with Crippen LogP contribution in [0.3, 0.4) is 0 Å². The Bertz CT molecular complexity index is 200. The molecule has 80 valence electrons. The molecule has 0 saturated heterocycles. The number of nitrogens with zero attached hydrogens (tertiary/aromatic N) is 3. The summed E-state index contributed by atoms with van der Waals surface area (Å²) in [5.74, 6) is 0. The van der Waals surface area contributed by atoms with E-state index in [2.05, 4.69) is 15.5 Å². The Morgan fingerprint density at radius 2 is 1.00 bits per heavy atom. The zero-order valence-electron chi connectivity index (χ0n) is 8.80. The first-order valence-electron chi connectivity index (χ1n) is 4.42. The molecule has 0 fully saturated rings. The zero-order chi connectivity index (χ0) is 11.4. The predicted octanol–water partition coefficient (Wildman–Crippen LogP) is 2.15. The Balaban J connectivity index is 5.11. The van der Waals surface area contributed by atoms with E-state index in [0.29, 0.717) is 0 Å². The highest BCUT2D eigenvalue weighted by atomic mass is 28.3. The van der Waals surface area contributed by atoms with Crippen molar-refractivity contribution in [2.24, 2.45) is 15.5 Å². The molecule has 0 saturated carbocycles. The summed E-state index contributed by atoms with van der Waals surface area (Å²) in [6.45, 7) is 6.60. The van der Waals surface area contributed by atoms with Gasteiger partial charge in [0.05, 0.1) is 17.0 Å². The van der Waals surface area contributed by atoms with Crippen LogP contribution in [-0.2, 0) is 0 Å². The second kappa shape index (κ2) is 5.04. The second-order valence-electron chi connectivity index (χ2n) is 3.71. The van der Waals surface area contributed by atoms with Crippen LogP contribution < -0.4 is 0 Å². The molecule has 0 aromatic rings. The first kappa shape index (κ1) is 13.0. The molecule has 6 nitrogen and oxygen atoms in total. The molecule has 0 rings (SSSR count). The van der Waals surface area contributed by atoms with E-state index >= 15 is 0 Å². The summed E-state index contributed by atoms with van der Waals surface area (Å²) in [5.41, 5.74) is -1.62. The minimum atomic E-state index is -2.50. The van der Waals surface area contributed by atoms with Crippen molar-refractivity contribution in [3.63, 3.8) is 0 Å². The van der Waals surface area contributed by atoms with Gasteiger partial charge >= 0.3 is 0 Å². The van der Waals surface area contributed by atoms with Crippen molar-refractivity contribution in [2.75, 3.05) is 0 Å². The van der Waals surface area contributed by atoms with Crippen LogP contribution in [0.15, 0.2) is 15.5 Å². The van der Waals surface area contributed by atoms with Gasteiger partial charge in [-0.2, -0.15) is 14.7 Å². The van der Waals surface area contributed by atoms with E-state index in [9.17, 15) is 14.7 Å². The van der Waals surface area contributed by atoms with Crippen molar-refractivity contribution >= 4 is 8.07 Å². The van der Waals surface area contributed by atoms with Crippen LogP contribution in [0, 0.1) is 14.7 Å². The smallest absolute Gasteiger partial charge is 0.146 e. The van der Waals surface area contributed by atoms with Gasteiger partial charge in [0.15, 0.2) is 0 Å². The lowest BCUT2D eigenvalue weighted by Gasteiger charge is -2.32. The van der Waals surface area contributed by atoms with Gasteiger partial charge in [-0.1, -0.05) is 22.1 Å². The molecule has 3 unspecified atom stereocenters. The largest absolute Gasteiger partial charge is 0.151 e. The summed E-state index contributed by atoms with van der Waals surface area (Å²) in [6.07, 6.45) is 0. The number of nitroso groups, excluding NO2 is 3. The molecule has 0 aliphatic rings. The number of hydrogen-bond donors (Lipinski definition) is 0. The van der Waals surface area contributed by atoms with Crippen molar-refractivity contribution in [2.45, 2.75) is 44.3 Å². The van der Waals surface area contributed by atoms with Gasteiger partial charge in [0.2, 0.25) is 0 Å². The maximum absolute atomic E-state index is 10.5. The van der Waals surface area contributed by atoms with Gasteiger partial charge in [0, 0.05) is 0 Å². The fourth-order valence-corrected chi connectivity index (χ4v) is 4.16. The molecule has 0 spiro atoms. The van der Waals surface area contributed by atoms with Crippen LogP contribution in [0.2, 0.25) is 6.55 Å².